The Morgan fingerprint density at radius 1 is 0.727 bits per heavy atom. The highest BCUT2D eigenvalue weighted by atomic mass is 16.5. The molecule has 2 saturated carbocycles. The zero-order chi connectivity index (χ0) is 22.4. The number of allylic oxidation sites excluding steroid dienone is 4. The Kier molecular flexibility index (Phi) is 4.32. The number of carbonyl (C=O) groups is 4. The van der Waals surface area contributed by atoms with Gasteiger partial charge in [0.2, 0.25) is 23.6 Å². The second-order valence-electron chi connectivity index (χ2n) is 11.0. The molecule has 0 aromatic rings. The van der Waals surface area contributed by atoms with Crippen molar-refractivity contribution in [3.8, 4) is 0 Å². The van der Waals surface area contributed by atoms with Gasteiger partial charge in [0.1, 0.15) is 0 Å². The van der Waals surface area contributed by atoms with Crippen LogP contribution in [0, 0.1) is 47.3 Å². The lowest BCUT2D eigenvalue weighted by Crippen LogP contribution is -2.50. The number of fused-ring (bicyclic) bond motifs is 10. The van der Waals surface area contributed by atoms with Gasteiger partial charge in [0, 0.05) is 13.2 Å². The van der Waals surface area contributed by atoms with Crippen LogP contribution in [0.5, 0.6) is 0 Å². The van der Waals surface area contributed by atoms with Crippen LogP contribution in [-0.4, -0.2) is 70.9 Å². The molecule has 3 aliphatic heterocycles. The van der Waals surface area contributed by atoms with Crippen molar-refractivity contribution >= 4 is 23.6 Å². The normalized spacial score (nSPS) is 44.5. The van der Waals surface area contributed by atoms with Gasteiger partial charge in [-0.2, -0.15) is 0 Å². The molecule has 7 aliphatic rings. The van der Waals surface area contributed by atoms with Gasteiger partial charge < -0.3 is 4.74 Å². The first-order valence-corrected chi connectivity index (χ1v) is 12.4. The number of imide groups is 2. The van der Waals surface area contributed by atoms with Crippen molar-refractivity contribution in [2.24, 2.45) is 47.3 Å². The topological polar surface area (TPSA) is 87.2 Å². The summed E-state index contributed by atoms with van der Waals surface area (Å²) in [6.45, 7) is 1.41. The predicted octanol–water partition coefficient (Wildman–Crippen LogP) is 0.997. The van der Waals surface area contributed by atoms with Crippen LogP contribution < -0.4 is 0 Å². The van der Waals surface area contributed by atoms with Crippen molar-refractivity contribution in [1.29, 1.82) is 0 Å². The second kappa shape index (κ2) is 7.09. The SMILES string of the molecule is O=C1C2C3C=CC(C3)C2C(=O)N1CN(CC1CCCO1)CN1C(=O)C2C3C=CC(C3)C2C1=O. The summed E-state index contributed by atoms with van der Waals surface area (Å²) in [5.74, 6) is -0.712. The Bertz CT molecular complexity index is 870. The third-order valence-electron chi connectivity index (χ3n) is 9.29. The average Bonchev–Trinajstić information content (AvgIpc) is 3.63. The smallest absolute Gasteiger partial charge is 0.234 e. The van der Waals surface area contributed by atoms with Gasteiger partial charge in [-0.1, -0.05) is 24.3 Å². The molecule has 3 saturated heterocycles. The van der Waals surface area contributed by atoms with Crippen LogP contribution in [-0.2, 0) is 23.9 Å². The van der Waals surface area contributed by atoms with E-state index in [2.05, 4.69) is 24.3 Å². The first kappa shape index (κ1) is 20.1. The summed E-state index contributed by atoms with van der Waals surface area (Å²) >= 11 is 0. The molecule has 4 aliphatic carbocycles. The lowest BCUT2D eigenvalue weighted by atomic mass is 9.85. The van der Waals surface area contributed by atoms with Gasteiger partial charge in [-0.3, -0.25) is 33.9 Å². The van der Waals surface area contributed by atoms with Crippen LogP contribution in [0.4, 0.5) is 0 Å². The molecule has 7 rings (SSSR count). The van der Waals surface area contributed by atoms with Crippen molar-refractivity contribution in [3.05, 3.63) is 24.3 Å². The molecule has 0 spiro atoms. The highest BCUT2D eigenvalue weighted by molar-refractivity contribution is 6.07. The lowest BCUT2D eigenvalue weighted by molar-refractivity contribution is -0.147. The molecule has 174 valence electrons. The number of nitrogens with zero attached hydrogens (tertiary/aromatic N) is 3. The maximum Gasteiger partial charge on any atom is 0.234 e. The Hall–Kier alpha value is -2.32. The number of rotatable bonds is 6. The largest absolute Gasteiger partial charge is 0.377 e. The summed E-state index contributed by atoms with van der Waals surface area (Å²) in [6.07, 6.45) is 12.0. The van der Waals surface area contributed by atoms with Crippen molar-refractivity contribution in [3.63, 3.8) is 0 Å². The minimum Gasteiger partial charge on any atom is -0.377 e. The van der Waals surface area contributed by atoms with E-state index in [1.54, 1.807) is 0 Å². The van der Waals surface area contributed by atoms with Crippen LogP contribution in [0.15, 0.2) is 24.3 Å². The molecule has 8 heteroatoms. The third kappa shape index (κ3) is 2.77. The molecule has 5 fully saturated rings. The van der Waals surface area contributed by atoms with E-state index in [0.717, 1.165) is 25.7 Å². The molecule has 3 heterocycles. The maximum absolute atomic E-state index is 13.2. The monoisotopic (exact) mass is 451 g/mol. The molecule has 0 N–H and O–H groups in total. The summed E-state index contributed by atoms with van der Waals surface area (Å²) in [5, 5.41) is 0. The molecule has 8 nitrogen and oxygen atoms in total. The summed E-state index contributed by atoms with van der Waals surface area (Å²) in [7, 11) is 0. The number of hydrogen-bond donors (Lipinski definition) is 0. The molecule has 0 aromatic carbocycles. The highest BCUT2D eigenvalue weighted by Crippen LogP contribution is 2.53. The Balaban J connectivity index is 1.11. The van der Waals surface area contributed by atoms with Crippen molar-refractivity contribution in [2.75, 3.05) is 26.5 Å². The Morgan fingerprint density at radius 3 is 1.52 bits per heavy atom. The molecule has 4 bridgehead atoms. The van der Waals surface area contributed by atoms with E-state index in [9.17, 15) is 19.2 Å². The number of ether oxygens (including phenoxy) is 1. The van der Waals surface area contributed by atoms with Gasteiger partial charge >= 0.3 is 0 Å². The van der Waals surface area contributed by atoms with Gasteiger partial charge in [-0.25, -0.2) is 0 Å². The van der Waals surface area contributed by atoms with Gasteiger partial charge in [-0.15, -0.1) is 0 Å². The number of likely N-dealkylation sites (tertiary alicyclic amines) is 2. The van der Waals surface area contributed by atoms with Crippen LogP contribution in [0.2, 0.25) is 0 Å². The molecule has 33 heavy (non-hydrogen) atoms. The minimum atomic E-state index is -0.242. The van der Waals surface area contributed by atoms with E-state index in [4.69, 9.17) is 4.74 Å². The number of hydrogen-bond acceptors (Lipinski definition) is 6. The van der Waals surface area contributed by atoms with Crippen LogP contribution >= 0.6 is 0 Å². The van der Waals surface area contributed by atoms with Gasteiger partial charge in [0.25, 0.3) is 0 Å². The molecule has 9 atom stereocenters. The second-order valence-corrected chi connectivity index (χ2v) is 11.0. The molecule has 4 amide bonds. The van der Waals surface area contributed by atoms with Gasteiger partial charge in [0.05, 0.1) is 43.1 Å². The number of carbonyl (C=O) groups excluding carboxylic acids is 4. The first-order chi connectivity index (χ1) is 16.0. The number of amides is 4. The zero-order valence-electron chi connectivity index (χ0n) is 18.5. The molecular weight excluding hydrogens is 422 g/mol. The fourth-order valence-corrected chi connectivity index (χ4v) is 7.84. The quantitative estimate of drug-likeness (QED) is 0.442. The van der Waals surface area contributed by atoms with Crippen molar-refractivity contribution in [1.82, 2.24) is 14.7 Å². The Morgan fingerprint density at radius 2 is 1.15 bits per heavy atom. The summed E-state index contributed by atoms with van der Waals surface area (Å²) in [5.41, 5.74) is 0. The van der Waals surface area contributed by atoms with E-state index in [1.165, 1.54) is 9.80 Å². The summed E-state index contributed by atoms with van der Waals surface area (Å²) in [4.78, 5) is 57.6. The molecule has 0 radical (unpaired) electrons. The van der Waals surface area contributed by atoms with Crippen LogP contribution in [0.25, 0.3) is 0 Å². The summed E-state index contributed by atoms with van der Waals surface area (Å²) < 4.78 is 5.82. The zero-order valence-corrected chi connectivity index (χ0v) is 18.5. The third-order valence-corrected chi connectivity index (χ3v) is 9.29. The standard InChI is InChI=1S/C25H29N3O5/c29-22-18-13-3-4-14(8-13)19(18)23(30)27(22)11-26(10-17-2-1-7-33-17)12-28-24(31)20-15-5-6-16(9-15)21(20)25(28)32/h3-6,13-21H,1-2,7-12H2. The predicted molar refractivity (Wildman–Crippen MR) is 115 cm³/mol. The van der Waals surface area contributed by atoms with E-state index in [1.807, 2.05) is 4.90 Å². The van der Waals surface area contributed by atoms with Crippen LogP contribution in [0.3, 0.4) is 0 Å². The van der Waals surface area contributed by atoms with Crippen LogP contribution in [0.1, 0.15) is 25.7 Å². The maximum atomic E-state index is 13.2. The van der Waals surface area contributed by atoms with Crippen molar-refractivity contribution in [2.45, 2.75) is 31.8 Å². The first-order valence-electron chi connectivity index (χ1n) is 12.4. The van der Waals surface area contributed by atoms with E-state index in [0.29, 0.717) is 13.2 Å². The van der Waals surface area contributed by atoms with Gasteiger partial charge in [0.15, 0.2) is 0 Å². The molecular formula is C25H29N3O5. The fraction of sp³-hybridized carbons (Fsp3) is 0.680. The fourth-order valence-electron chi connectivity index (χ4n) is 7.84. The summed E-state index contributed by atoms with van der Waals surface area (Å²) in [6, 6.07) is 0. The van der Waals surface area contributed by atoms with E-state index >= 15 is 0 Å². The molecule has 0 aromatic heterocycles. The van der Waals surface area contributed by atoms with Crippen molar-refractivity contribution < 1.29 is 23.9 Å². The minimum absolute atomic E-state index is 0.0136. The Labute approximate surface area is 192 Å². The average molecular weight is 452 g/mol. The lowest BCUT2D eigenvalue weighted by Gasteiger charge is -2.32. The highest BCUT2D eigenvalue weighted by Gasteiger charge is 2.61. The van der Waals surface area contributed by atoms with E-state index < -0.39 is 0 Å². The van der Waals surface area contributed by atoms with E-state index in [-0.39, 0.29) is 90.4 Å². The van der Waals surface area contributed by atoms with Gasteiger partial charge in [-0.05, 0) is 49.4 Å². The molecule has 9 unspecified atom stereocenters.